The lowest BCUT2D eigenvalue weighted by atomic mass is 10.1. The van der Waals surface area contributed by atoms with Crippen LogP contribution in [0.15, 0.2) is 78.3 Å². The molecule has 2 N–H and O–H groups in total. The normalized spacial score (nSPS) is 11.1. The SMILES string of the molecule is C(=NNc1ncccn1)c1c[nH]c2cccc(OCc3ccccc3)c12. The third-order valence-corrected chi connectivity index (χ3v) is 3.87. The van der Waals surface area contributed by atoms with Crippen molar-refractivity contribution in [3.05, 3.63) is 84.3 Å². The summed E-state index contributed by atoms with van der Waals surface area (Å²) in [6.07, 6.45) is 6.94. The van der Waals surface area contributed by atoms with E-state index in [0.29, 0.717) is 12.6 Å². The number of nitrogens with one attached hydrogen (secondary N) is 2. The van der Waals surface area contributed by atoms with Crippen LogP contribution < -0.4 is 10.2 Å². The smallest absolute Gasteiger partial charge is 0.243 e. The van der Waals surface area contributed by atoms with Gasteiger partial charge in [0.1, 0.15) is 12.4 Å². The van der Waals surface area contributed by atoms with Gasteiger partial charge < -0.3 is 9.72 Å². The number of hydrogen-bond acceptors (Lipinski definition) is 5. The van der Waals surface area contributed by atoms with Crippen molar-refractivity contribution in [3.8, 4) is 5.75 Å². The zero-order valence-electron chi connectivity index (χ0n) is 14.0. The summed E-state index contributed by atoms with van der Waals surface area (Å²) in [5, 5.41) is 5.21. The molecule has 0 bridgehead atoms. The number of rotatable bonds is 6. The van der Waals surface area contributed by atoms with E-state index in [1.807, 2.05) is 54.7 Å². The fourth-order valence-corrected chi connectivity index (χ4v) is 2.65. The lowest BCUT2D eigenvalue weighted by molar-refractivity contribution is 0.310. The first-order chi connectivity index (χ1) is 12.9. The molecular weight excluding hydrogens is 326 g/mol. The molecule has 6 nitrogen and oxygen atoms in total. The third kappa shape index (κ3) is 3.54. The number of nitrogens with zero attached hydrogens (tertiary/aromatic N) is 3. The number of benzene rings is 2. The van der Waals surface area contributed by atoms with E-state index in [-0.39, 0.29) is 0 Å². The van der Waals surface area contributed by atoms with Crippen molar-refractivity contribution >= 4 is 23.1 Å². The molecule has 0 amide bonds. The van der Waals surface area contributed by atoms with E-state index in [0.717, 1.165) is 27.8 Å². The minimum Gasteiger partial charge on any atom is -0.488 e. The first kappa shape index (κ1) is 15.8. The monoisotopic (exact) mass is 343 g/mol. The maximum Gasteiger partial charge on any atom is 0.243 e. The number of aromatic nitrogens is 3. The van der Waals surface area contributed by atoms with Crippen LogP contribution in [0.25, 0.3) is 10.9 Å². The highest BCUT2D eigenvalue weighted by Crippen LogP contribution is 2.28. The third-order valence-electron chi connectivity index (χ3n) is 3.87. The van der Waals surface area contributed by atoms with Gasteiger partial charge in [-0.3, -0.25) is 0 Å². The molecule has 2 aromatic heterocycles. The van der Waals surface area contributed by atoms with E-state index in [9.17, 15) is 0 Å². The Balaban J connectivity index is 1.56. The molecule has 128 valence electrons. The number of hydrogen-bond donors (Lipinski definition) is 2. The van der Waals surface area contributed by atoms with Crippen LogP contribution in [0, 0.1) is 0 Å². The van der Waals surface area contributed by atoms with Crippen LogP contribution in [0.5, 0.6) is 5.75 Å². The molecule has 2 aromatic carbocycles. The van der Waals surface area contributed by atoms with Crippen LogP contribution in [0.2, 0.25) is 0 Å². The maximum atomic E-state index is 6.04. The van der Waals surface area contributed by atoms with Gasteiger partial charge in [-0.05, 0) is 23.8 Å². The van der Waals surface area contributed by atoms with Gasteiger partial charge in [-0.15, -0.1) is 0 Å². The Hall–Kier alpha value is -3.67. The Kier molecular flexibility index (Phi) is 4.56. The molecule has 0 saturated carbocycles. The van der Waals surface area contributed by atoms with Crippen molar-refractivity contribution < 1.29 is 4.74 Å². The molecule has 6 heteroatoms. The molecule has 0 saturated heterocycles. The Morgan fingerprint density at radius 3 is 2.69 bits per heavy atom. The molecule has 0 aliphatic rings. The number of anilines is 1. The minimum absolute atomic E-state index is 0.448. The predicted octanol–water partition coefficient (Wildman–Crippen LogP) is 3.98. The van der Waals surface area contributed by atoms with Gasteiger partial charge >= 0.3 is 0 Å². The molecule has 4 rings (SSSR count). The molecule has 0 atom stereocenters. The van der Waals surface area contributed by atoms with Crippen LogP contribution in [-0.2, 0) is 6.61 Å². The van der Waals surface area contributed by atoms with Crippen molar-refractivity contribution in [1.82, 2.24) is 15.0 Å². The van der Waals surface area contributed by atoms with Crippen LogP contribution in [0.3, 0.4) is 0 Å². The lowest BCUT2D eigenvalue weighted by Crippen LogP contribution is -1.97. The molecule has 0 radical (unpaired) electrons. The van der Waals surface area contributed by atoms with Gasteiger partial charge in [-0.1, -0.05) is 36.4 Å². The number of ether oxygens (including phenoxy) is 1. The van der Waals surface area contributed by atoms with Crippen LogP contribution in [0.4, 0.5) is 5.95 Å². The fraction of sp³-hybridized carbons (Fsp3) is 0.0500. The summed E-state index contributed by atoms with van der Waals surface area (Å²) in [7, 11) is 0. The number of aromatic amines is 1. The number of fused-ring (bicyclic) bond motifs is 1. The second-order valence-electron chi connectivity index (χ2n) is 5.64. The molecule has 0 fully saturated rings. The summed E-state index contributed by atoms with van der Waals surface area (Å²) < 4.78 is 6.04. The van der Waals surface area contributed by atoms with Gasteiger partial charge in [-0.25, -0.2) is 15.4 Å². The second kappa shape index (κ2) is 7.48. The van der Waals surface area contributed by atoms with Crippen molar-refractivity contribution in [2.45, 2.75) is 6.61 Å². The van der Waals surface area contributed by atoms with Crippen molar-refractivity contribution in [2.75, 3.05) is 5.43 Å². The quantitative estimate of drug-likeness (QED) is 0.410. The van der Waals surface area contributed by atoms with Crippen molar-refractivity contribution in [1.29, 1.82) is 0 Å². The van der Waals surface area contributed by atoms with E-state index in [4.69, 9.17) is 4.74 Å². The van der Waals surface area contributed by atoms with Gasteiger partial charge in [0.2, 0.25) is 5.95 Å². The van der Waals surface area contributed by atoms with E-state index in [1.54, 1.807) is 24.7 Å². The van der Waals surface area contributed by atoms with Crippen molar-refractivity contribution in [3.63, 3.8) is 0 Å². The Morgan fingerprint density at radius 2 is 1.85 bits per heavy atom. The molecule has 2 heterocycles. The van der Waals surface area contributed by atoms with Crippen LogP contribution in [0.1, 0.15) is 11.1 Å². The predicted molar refractivity (Wildman–Crippen MR) is 102 cm³/mol. The summed E-state index contributed by atoms with van der Waals surface area (Å²) >= 11 is 0. The van der Waals surface area contributed by atoms with E-state index < -0.39 is 0 Å². The zero-order chi connectivity index (χ0) is 17.6. The van der Waals surface area contributed by atoms with Gasteiger partial charge in [-0.2, -0.15) is 5.10 Å². The molecule has 0 aliphatic heterocycles. The maximum absolute atomic E-state index is 6.04. The Labute approximate surface area is 150 Å². The highest BCUT2D eigenvalue weighted by molar-refractivity contribution is 6.02. The first-order valence-electron chi connectivity index (χ1n) is 8.23. The average molecular weight is 343 g/mol. The van der Waals surface area contributed by atoms with Crippen molar-refractivity contribution in [2.24, 2.45) is 5.10 Å². The summed E-state index contributed by atoms with van der Waals surface area (Å²) in [5.41, 5.74) is 5.86. The van der Waals surface area contributed by atoms with E-state index >= 15 is 0 Å². The zero-order valence-corrected chi connectivity index (χ0v) is 14.0. The molecule has 26 heavy (non-hydrogen) atoms. The van der Waals surface area contributed by atoms with Gasteiger partial charge in [0.25, 0.3) is 0 Å². The summed E-state index contributed by atoms with van der Waals surface area (Å²) in [5.74, 6) is 1.26. The summed E-state index contributed by atoms with van der Waals surface area (Å²) in [4.78, 5) is 11.4. The fourth-order valence-electron chi connectivity index (χ4n) is 2.65. The molecule has 4 aromatic rings. The number of hydrazone groups is 1. The van der Waals surface area contributed by atoms with E-state index in [2.05, 4.69) is 25.5 Å². The first-order valence-corrected chi connectivity index (χ1v) is 8.23. The molecule has 0 aliphatic carbocycles. The standard InChI is InChI=1S/C20H17N5O/c1-2-6-15(7-3-1)14-26-18-9-4-8-17-19(18)16(12-23-17)13-24-25-20-21-10-5-11-22-20/h1-13,23H,14H2,(H,21,22,25). The molecular formula is C20H17N5O. The minimum atomic E-state index is 0.448. The van der Waals surface area contributed by atoms with Crippen LogP contribution in [-0.4, -0.2) is 21.2 Å². The number of H-pyrrole nitrogens is 1. The summed E-state index contributed by atoms with van der Waals surface area (Å²) in [6.45, 7) is 0.512. The van der Waals surface area contributed by atoms with Gasteiger partial charge in [0.05, 0.1) is 11.6 Å². The van der Waals surface area contributed by atoms with Gasteiger partial charge in [0, 0.05) is 29.7 Å². The highest BCUT2D eigenvalue weighted by atomic mass is 16.5. The second-order valence-corrected chi connectivity index (χ2v) is 5.64. The summed E-state index contributed by atoms with van der Waals surface area (Å²) in [6, 6.07) is 17.8. The van der Waals surface area contributed by atoms with E-state index in [1.165, 1.54) is 0 Å². The largest absolute Gasteiger partial charge is 0.488 e. The highest BCUT2D eigenvalue weighted by Gasteiger charge is 2.08. The van der Waals surface area contributed by atoms with Gasteiger partial charge in [0.15, 0.2) is 0 Å². The molecule has 0 spiro atoms. The lowest BCUT2D eigenvalue weighted by Gasteiger charge is -2.08. The average Bonchev–Trinajstić information content (AvgIpc) is 3.12. The Morgan fingerprint density at radius 1 is 1.00 bits per heavy atom. The van der Waals surface area contributed by atoms with Crippen LogP contribution >= 0.6 is 0 Å². The molecule has 0 unspecified atom stereocenters. The Bertz CT molecular complexity index is 1010. The topological polar surface area (TPSA) is 75.2 Å².